The van der Waals surface area contributed by atoms with E-state index in [1.54, 1.807) is 18.0 Å². The van der Waals surface area contributed by atoms with Gasteiger partial charge in [0.15, 0.2) is 0 Å². The maximum Gasteiger partial charge on any atom is 0.311 e. The van der Waals surface area contributed by atoms with Gasteiger partial charge >= 0.3 is 5.69 Å². The molecule has 6 nitrogen and oxygen atoms in total. The Kier molecular flexibility index (Phi) is 4.28. The van der Waals surface area contributed by atoms with E-state index >= 15 is 0 Å². The molecule has 0 amide bonds. The normalized spacial score (nSPS) is 12.0. The molecule has 7 heteroatoms. The molecule has 1 aromatic carbocycles. The number of anilines is 2. The van der Waals surface area contributed by atoms with Crippen LogP contribution in [-0.2, 0) is 0 Å². The average molecular weight is 307 g/mol. The van der Waals surface area contributed by atoms with Crippen LogP contribution in [0.2, 0.25) is 5.02 Å². The lowest BCUT2D eigenvalue weighted by atomic mass is 10.1. The van der Waals surface area contributed by atoms with Gasteiger partial charge in [-0.05, 0) is 30.7 Å². The number of rotatable bonds is 4. The average Bonchev–Trinajstić information content (AvgIpc) is 2.45. The molecule has 1 aromatic heterocycles. The zero-order valence-electron chi connectivity index (χ0n) is 11.7. The van der Waals surface area contributed by atoms with Crippen molar-refractivity contribution >= 4 is 28.9 Å². The van der Waals surface area contributed by atoms with Crippen molar-refractivity contribution in [1.29, 1.82) is 0 Å². The summed E-state index contributed by atoms with van der Waals surface area (Å²) in [5.74, 6) is 0.466. The van der Waals surface area contributed by atoms with E-state index in [2.05, 4.69) is 4.98 Å². The summed E-state index contributed by atoms with van der Waals surface area (Å²) in [6.45, 7) is 1.92. The Hall–Kier alpha value is -2.34. The monoisotopic (exact) mass is 306 g/mol. The predicted octanol–water partition coefficient (Wildman–Crippen LogP) is 3.42. The summed E-state index contributed by atoms with van der Waals surface area (Å²) in [5.41, 5.74) is 6.50. The summed E-state index contributed by atoms with van der Waals surface area (Å²) in [6, 6.07) is 9.98. The molecule has 21 heavy (non-hydrogen) atoms. The molecule has 0 aliphatic rings. The maximum atomic E-state index is 11.1. The van der Waals surface area contributed by atoms with E-state index in [9.17, 15) is 10.1 Å². The highest BCUT2D eigenvalue weighted by molar-refractivity contribution is 6.30. The minimum Gasteiger partial charge on any atom is -0.384 e. The van der Waals surface area contributed by atoms with Crippen LogP contribution < -0.4 is 10.6 Å². The zero-order chi connectivity index (χ0) is 15.6. The fourth-order valence-corrected chi connectivity index (χ4v) is 2.23. The lowest BCUT2D eigenvalue weighted by molar-refractivity contribution is -0.384. The molecule has 1 heterocycles. The van der Waals surface area contributed by atoms with Gasteiger partial charge in [0, 0.05) is 18.1 Å². The van der Waals surface area contributed by atoms with E-state index in [-0.39, 0.29) is 23.4 Å². The molecule has 0 fully saturated rings. The van der Waals surface area contributed by atoms with Gasteiger partial charge in [0.25, 0.3) is 0 Å². The van der Waals surface area contributed by atoms with Crippen molar-refractivity contribution in [1.82, 2.24) is 4.98 Å². The van der Waals surface area contributed by atoms with Crippen LogP contribution in [-0.4, -0.2) is 17.0 Å². The Morgan fingerprint density at radius 3 is 2.71 bits per heavy atom. The third-order valence-corrected chi connectivity index (χ3v) is 3.55. The lowest BCUT2D eigenvalue weighted by Gasteiger charge is -2.26. The molecule has 1 atom stereocenters. The van der Waals surface area contributed by atoms with Gasteiger partial charge < -0.3 is 10.6 Å². The van der Waals surface area contributed by atoms with Crippen molar-refractivity contribution < 1.29 is 4.92 Å². The van der Waals surface area contributed by atoms with Crippen molar-refractivity contribution in [3.8, 4) is 0 Å². The standard InChI is InChI=1S/C14H15ClN4O2/c1-9(10-4-3-5-11(15)8-10)18(2)14-12(19(20)21)6-7-13(16)17-14/h3-9H,1-2H3,(H2,16,17). The Labute approximate surface area is 127 Å². The number of hydrogen-bond acceptors (Lipinski definition) is 5. The van der Waals surface area contributed by atoms with Crippen molar-refractivity contribution in [2.75, 3.05) is 17.7 Å². The fourth-order valence-electron chi connectivity index (χ4n) is 2.03. The Balaban J connectivity index is 2.41. The maximum absolute atomic E-state index is 11.1. The van der Waals surface area contributed by atoms with E-state index in [0.29, 0.717) is 5.02 Å². The van der Waals surface area contributed by atoms with Gasteiger partial charge in [-0.25, -0.2) is 4.98 Å². The van der Waals surface area contributed by atoms with Gasteiger partial charge in [0.05, 0.1) is 11.0 Å². The Morgan fingerprint density at radius 1 is 1.38 bits per heavy atom. The van der Waals surface area contributed by atoms with Gasteiger partial charge in [-0.15, -0.1) is 0 Å². The van der Waals surface area contributed by atoms with Gasteiger partial charge in [-0.2, -0.15) is 0 Å². The molecular weight excluding hydrogens is 292 g/mol. The highest BCUT2D eigenvalue weighted by Crippen LogP contribution is 2.32. The van der Waals surface area contributed by atoms with Crippen LogP contribution in [0.4, 0.5) is 17.3 Å². The largest absolute Gasteiger partial charge is 0.384 e. The van der Waals surface area contributed by atoms with Gasteiger partial charge in [-0.3, -0.25) is 10.1 Å². The summed E-state index contributed by atoms with van der Waals surface area (Å²) >= 11 is 5.98. The smallest absolute Gasteiger partial charge is 0.311 e. The summed E-state index contributed by atoms with van der Waals surface area (Å²) in [7, 11) is 1.74. The first-order valence-corrected chi connectivity index (χ1v) is 6.67. The van der Waals surface area contributed by atoms with E-state index < -0.39 is 4.92 Å². The third kappa shape index (κ3) is 3.22. The third-order valence-electron chi connectivity index (χ3n) is 3.32. The number of hydrogen-bond donors (Lipinski definition) is 1. The molecule has 0 saturated heterocycles. The molecule has 0 radical (unpaired) electrons. The number of nitro groups is 1. The number of pyridine rings is 1. The molecule has 0 spiro atoms. The molecule has 0 bridgehead atoms. The van der Waals surface area contributed by atoms with Crippen molar-refractivity contribution in [2.24, 2.45) is 0 Å². The van der Waals surface area contributed by atoms with Gasteiger partial charge in [0.2, 0.25) is 5.82 Å². The number of halogens is 1. The second-order valence-corrected chi connectivity index (χ2v) is 5.11. The number of nitrogens with zero attached hydrogens (tertiary/aromatic N) is 3. The van der Waals surface area contributed by atoms with Crippen LogP contribution >= 0.6 is 11.6 Å². The second-order valence-electron chi connectivity index (χ2n) is 4.68. The number of nitrogens with two attached hydrogens (primary N) is 1. The van der Waals surface area contributed by atoms with Crippen LogP contribution in [0.25, 0.3) is 0 Å². The highest BCUT2D eigenvalue weighted by Gasteiger charge is 2.23. The van der Waals surface area contributed by atoms with Crippen LogP contribution in [0.5, 0.6) is 0 Å². The van der Waals surface area contributed by atoms with Crippen molar-refractivity contribution in [3.63, 3.8) is 0 Å². The summed E-state index contributed by atoms with van der Waals surface area (Å²) in [6.07, 6.45) is 0. The van der Waals surface area contributed by atoms with Crippen LogP contribution in [0.3, 0.4) is 0 Å². The quantitative estimate of drug-likeness (QED) is 0.691. The van der Waals surface area contributed by atoms with E-state index in [0.717, 1.165) is 5.56 Å². The van der Waals surface area contributed by atoms with Crippen LogP contribution in [0.1, 0.15) is 18.5 Å². The van der Waals surface area contributed by atoms with Gasteiger partial charge in [-0.1, -0.05) is 23.7 Å². The highest BCUT2D eigenvalue weighted by atomic mass is 35.5. The number of nitrogen functional groups attached to an aromatic ring is 1. The van der Waals surface area contributed by atoms with E-state index in [4.69, 9.17) is 17.3 Å². The molecule has 0 aliphatic heterocycles. The van der Waals surface area contributed by atoms with Crippen LogP contribution in [0.15, 0.2) is 36.4 Å². The minimum atomic E-state index is -0.469. The van der Waals surface area contributed by atoms with Crippen LogP contribution in [0, 0.1) is 10.1 Å². The zero-order valence-corrected chi connectivity index (χ0v) is 12.4. The molecule has 1 unspecified atom stereocenters. The summed E-state index contributed by atoms with van der Waals surface area (Å²) in [5, 5.41) is 11.7. The second kappa shape index (κ2) is 5.97. The molecule has 0 saturated carbocycles. The van der Waals surface area contributed by atoms with E-state index in [1.807, 2.05) is 25.1 Å². The summed E-state index contributed by atoms with van der Waals surface area (Å²) < 4.78 is 0. The Bertz CT molecular complexity index is 678. The molecule has 0 aliphatic carbocycles. The minimum absolute atomic E-state index is 0.0828. The first kappa shape index (κ1) is 15.1. The Morgan fingerprint density at radius 2 is 2.10 bits per heavy atom. The van der Waals surface area contributed by atoms with Crippen molar-refractivity contribution in [2.45, 2.75) is 13.0 Å². The van der Waals surface area contributed by atoms with E-state index in [1.165, 1.54) is 12.1 Å². The molecule has 2 N–H and O–H groups in total. The molecule has 2 aromatic rings. The van der Waals surface area contributed by atoms with Crippen molar-refractivity contribution in [3.05, 3.63) is 57.1 Å². The first-order chi connectivity index (χ1) is 9.90. The predicted molar refractivity (Wildman–Crippen MR) is 83.6 cm³/mol. The number of aromatic nitrogens is 1. The summed E-state index contributed by atoms with van der Waals surface area (Å²) in [4.78, 5) is 16.5. The topological polar surface area (TPSA) is 85.3 Å². The molecule has 2 rings (SSSR count). The SMILES string of the molecule is CC(c1cccc(Cl)c1)N(C)c1nc(N)ccc1[N+](=O)[O-]. The van der Waals surface area contributed by atoms with Gasteiger partial charge in [0.1, 0.15) is 5.82 Å². The first-order valence-electron chi connectivity index (χ1n) is 6.29. The number of benzene rings is 1. The fraction of sp³-hybridized carbons (Fsp3) is 0.214. The molecule has 110 valence electrons. The molecular formula is C14H15ClN4O2. The lowest BCUT2D eigenvalue weighted by Crippen LogP contribution is -2.24.